The van der Waals surface area contributed by atoms with Crippen LogP contribution in [0, 0.1) is 0 Å². The van der Waals surface area contributed by atoms with E-state index in [1.807, 2.05) is 0 Å². The summed E-state index contributed by atoms with van der Waals surface area (Å²) in [4.78, 5) is 33.1. The van der Waals surface area contributed by atoms with Crippen LogP contribution in [0.15, 0.2) is 18.2 Å². The average molecular weight is 320 g/mol. The van der Waals surface area contributed by atoms with Crippen LogP contribution in [0.2, 0.25) is 10.0 Å². The summed E-state index contributed by atoms with van der Waals surface area (Å²) in [6.45, 7) is 0. The van der Waals surface area contributed by atoms with Crippen molar-refractivity contribution >= 4 is 46.8 Å². The molecule has 0 spiro atoms. The number of carbonyl (C=O) groups excluding carboxylic acids is 2. The molecule has 0 aliphatic heterocycles. The summed E-state index contributed by atoms with van der Waals surface area (Å²) in [5.74, 6) is -2.22. The first-order valence-corrected chi connectivity index (χ1v) is 6.08. The van der Waals surface area contributed by atoms with Gasteiger partial charge in [0, 0.05) is 15.7 Å². The summed E-state index contributed by atoms with van der Waals surface area (Å²) in [6, 6.07) is 2.09. The molecule has 1 aromatic carbocycles. The number of carboxylic acid groups (broad SMARTS) is 1. The molecule has 0 aromatic heterocycles. The molecule has 7 nitrogen and oxygen atoms in total. The van der Waals surface area contributed by atoms with E-state index < -0.39 is 30.4 Å². The van der Waals surface area contributed by atoms with Crippen LogP contribution in [0.4, 0.5) is 10.5 Å². The van der Waals surface area contributed by atoms with Crippen molar-refractivity contribution < 1.29 is 19.5 Å². The molecule has 3 amide bonds. The van der Waals surface area contributed by atoms with Crippen molar-refractivity contribution in [2.45, 2.75) is 12.5 Å². The van der Waals surface area contributed by atoms with Gasteiger partial charge in [0.1, 0.15) is 6.04 Å². The van der Waals surface area contributed by atoms with Crippen LogP contribution in [-0.4, -0.2) is 29.1 Å². The van der Waals surface area contributed by atoms with Crippen LogP contribution < -0.4 is 16.4 Å². The van der Waals surface area contributed by atoms with Crippen molar-refractivity contribution in [3.8, 4) is 0 Å². The van der Waals surface area contributed by atoms with Crippen molar-refractivity contribution in [3.63, 3.8) is 0 Å². The van der Waals surface area contributed by atoms with E-state index in [2.05, 4.69) is 10.6 Å². The number of rotatable bonds is 5. The monoisotopic (exact) mass is 319 g/mol. The third-order valence-electron chi connectivity index (χ3n) is 2.13. The Kier molecular flexibility index (Phi) is 5.60. The number of amides is 3. The van der Waals surface area contributed by atoms with Gasteiger partial charge in [0.05, 0.1) is 6.42 Å². The molecule has 20 heavy (non-hydrogen) atoms. The molecule has 9 heteroatoms. The predicted octanol–water partition coefficient (Wildman–Crippen LogP) is 1.44. The number of carbonyl (C=O) groups is 3. The Hall–Kier alpha value is -1.99. The van der Waals surface area contributed by atoms with Gasteiger partial charge < -0.3 is 21.5 Å². The molecule has 0 bridgehead atoms. The zero-order valence-corrected chi connectivity index (χ0v) is 11.5. The molecule has 108 valence electrons. The Bertz CT molecular complexity index is 530. The summed E-state index contributed by atoms with van der Waals surface area (Å²) >= 11 is 11.5. The van der Waals surface area contributed by atoms with Gasteiger partial charge in [-0.1, -0.05) is 23.2 Å². The number of aliphatic carboxylic acids is 1. The van der Waals surface area contributed by atoms with Gasteiger partial charge in [-0.25, -0.2) is 9.59 Å². The second kappa shape index (κ2) is 6.97. The molecule has 5 N–H and O–H groups in total. The molecule has 0 radical (unpaired) electrons. The average Bonchev–Trinajstić information content (AvgIpc) is 2.25. The Labute approximate surface area is 124 Å². The molecule has 0 saturated carbocycles. The number of carboxylic acids is 1. The second-order valence-electron chi connectivity index (χ2n) is 3.82. The lowest BCUT2D eigenvalue weighted by molar-refractivity contribution is -0.140. The van der Waals surface area contributed by atoms with E-state index in [4.69, 9.17) is 34.0 Å². The Morgan fingerprint density at radius 2 is 1.75 bits per heavy atom. The lowest BCUT2D eigenvalue weighted by Gasteiger charge is -2.13. The van der Waals surface area contributed by atoms with E-state index in [1.165, 1.54) is 18.2 Å². The predicted molar refractivity (Wildman–Crippen MR) is 73.9 cm³/mol. The summed E-state index contributed by atoms with van der Waals surface area (Å²) in [5, 5.41) is 13.9. The largest absolute Gasteiger partial charge is 0.480 e. The molecule has 0 unspecified atom stereocenters. The molecule has 0 aliphatic rings. The summed E-state index contributed by atoms with van der Waals surface area (Å²) in [5.41, 5.74) is 5.17. The number of nitrogens with one attached hydrogen (secondary N) is 2. The Balaban J connectivity index is 2.70. The lowest BCUT2D eigenvalue weighted by atomic mass is 10.2. The maximum atomic E-state index is 11.6. The van der Waals surface area contributed by atoms with E-state index in [1.54, 1.807) is 0 Å². The number of hydrogen-bond acceptors (Lipinski definition) is 3. The van der Waals surface area contributed by atoms with E-state index in [-0.39, 0.29) is 5.69 Å². The fourth-order valence-corrected chi connectivity index (χ4v) is 1.88. The smallest absolute Gasteiger partial charge is 0.326 e. The minimum atomic E-state index is -1.41. The van der Waals surface area contributed by atoms with Crippen LogP contribution in [0.25, 0.3) is 0 Å². The number of urea groups is 1. The zero-order valence-electron chi connectivity index (χ0n) is 10.0. The van der Waals surface area contributed by atoms with Crippen LogP contribution in [0.1, 0.15) is 6.42 Å². The third kappa shape index (κ3) is 5.33. The molecule has 1 atom stereocenters. The van der Waals surface area contributed by atoms with E-state index in [0.29, 0.717) is 10.0 Å². The SMILES string of the molecule is NC(=O)C[C@H](NC(=O)Nc1cc(Cl)cc(Cl)c1)C(=O)O. The number of hydrogen-bond donors (Lipinski definition) is 4. The van der Waals surface area contributed by atoms with Crippen molar-refractivity contribution in [2.24, 2.45) is 5.73 Å². The van der Waals surface area contributed by atoms with Crippen LogP contribution >= 0.6 is 23.2 Å². The normalized spacial score (nSPS) is 11.5. The van der Waals surface area contributed by atoms with Gasteiger partial charge >= 0.3 is 12.0 Å². The number of halogens is 2. The minimum absolute atomic E-state index is 0.281. The van der Waals surface area contributed by atoms with Crippen LogP contribution in [0.5, 0.6) is 0 Å². The summed E-state index contributed by atoms with van der Waals surface area (Å²) < 4.78 is 0. The van der Waals surface area contributed by atoms with Crippen molar-refractivity contribution in [1.29, 1.82) is 0 Å². The van der Waals surface area contributed by atoms with E-state index in [9.17, 15) is 14.4 Å². The second-order valence-corrected chi connectivity index (χ2v) is 4.69. The Morgan fingerprint density at radius 3 is 2.20 bits per heavy atom. The fraction of sp³-hybridized carbons (Fsp3) is 0.182. The highest BCUT2D eigenvalue weighted by Gasteiger charge is 2.22. The molecule has 1 aromatic rings. The molecular weight excluding hydrogens is 309 g/mol. The first-order valence-electron chi connectivity index (χ1n) is 5.32. The van der Waals surface area contributed by atoms with Gasteiger partial charge in [-0.05, 0) is 18.2 Å². The number of primary amides is 1. The minimum Gasteiger partial charge on any atom is -0.480 e. The van der Waals surface area contributed by atoms with Crippen LogP contribution in [0.3, 0.4) is 0 Å². The van der Waals surface area contributed by atoms with Crippen LogP contribution in [-0.2, 0) is 9.59 Å². The van der Waals surface area contributed by atoms with Gasteiger partial charge in [0.2, 0.25) is 5.91 Å². The number of nitrogens with two attached hydrogens (primary N) is 1. The van der Waals surface area contributed by atoms with Gasteiger partial charge in [-0.3, -0.25) is 4.79 Å². The maximum Gasteiger partial charge on any atom is 0.326 e. The highest BCUT2D eigenvalue weighted by Crippen LogP contribution is 2.22. The highest BCUT2D eigenvalue weighted by atomic mass is 35.5. The van der Waals surface area contributed by atoms with Gasteiger partial charge in [0.15, 0.2) is 0 Å². The molecule has 0 fully saturated rings. The summed E-state index contributed by atoms with van der Waals surface area (Å²) in [7, 11) is 0. The van der Waals surface area contributed by atoms with Gasteiger partial charge in [-0.15, -0.1) is 0 Å². The maximum absolute atomic E-state index is 11.6. The first kappa shape index (κ1) is 16.1. The standard InChI is InChI=1S/C11H11Cl2N3O4/c12-5-1-6(13)3-7(2-5)15-11(20)16-8(10(18)19)4-9(14)17/h1-3,8H,4H2,(H2,14,17)(H,18,19)(H2,15,16,20)/t8-/m0/s1. The van der Waals surface area contributed by atoms with E-state index in [0.717, 1.165) is 0 Å². The highest BCUT2D eigenvalue weighted by molar-refractivity contribution is 6.35. The molecular formula is C11H11Cl2N3O4. The summed E-state index contributed by atoms with van der Waals surface area (Å²) in [6.07, 6.45) is -0.515. The van der Waals surface area contributed by atoms with Gasteiger partial charge in [-0.2, -0.15) is 0 Å². The Morgan fingerprint density at radius 1 is 1.20 bits per heavy atom. The molecule has 0 aliphatic carbocycles. The molecule has 1 rings (SSSR count). The molecule has 0 heterocycles. The lowest BCUT2D eigenvalue weighted by Crippen LogP contribution is -2.45. The van der Waals surface area contributed by atoms with Crippen molar-refractivity contribution in [2.75, 3.05) is 5.32 Å². The quantitative estimate of drug-likeness (QED) is 0.656. The van der Waals surface area contributed by atoms with Crippen molar-refractivity contribution in [1.82, 2.24) is 5.32 Å². The first-order chi connectivity index (χ1) is 9.27. The molecule has 0 saturated heterocycles. The zero-order chi connectivity index (χ0) is 15.3. The number of benzene rings is 1. The van der Waals surface area contributed by atoms with Crippen molar-refractivity contribution in [3.05, 3.63) is 28.2 Å². The number of anilines is 1. The van der Waals surface area contributed by atoms with E-state index >= 15 is 0 Å². The van der Waals surface area contributed by atoms with Gasteiger partial charge in [0.25, 0.3) is 0 Å². The fourth-order valence-electron chi connectivity index (χ4n) is 1.35. The third-order valence-corrected chi connectivity index (χ3v) is 2.57. The topological polar surface area (TPSA) is 122 Å².